The third kappa shape index (κ3) is 9.94. The van der Waals surface area contributed by atoms with Gasteiger partial charge in [-0.1, -0.05) is 6.42 Å². The van der Waals surface area contributed by atoms with Gasteiger partial charge in [-0.15, -0.1) is 0 Å². The minimum atomic E-state index is 0.723. The van der Waals surface area contributed by atoms with E-state index in [2.05, 4.69) is 71.6 Å². The predicted molar refractivity (Wildman–Crippen MR) is 210 cm³/mol. The van der Waals surface area contributed by atoms with E-state index in [1.54, 1.807) is 12.4 Å². The second kappa shape index (κ2) is 17.6. The lowest BCUT2D eigenvalue weighted by atomic mass is 10.1. The third-order valence-electron chi connectivity index (χ3n) is 9.29. The number of likely N-dealkylation sites (tertiary alicyclic amines) is 2. The van der Waals surface area contributed by atoms with E-state index >= 15 is 0 Å². The van der Waals surface area contributed by atoms with Crippen LogP contribution in [0.5, 0.6) is 11.5 Å². The monoisotopic (exact) mass is 814 g/mol. The van der Waals surface area contributed by atoms with Crippen LogP contribution in [0.2, 0.25) is 0 Å². The number of aromatic nitrogens is 6. The molecular formula is C39H44Br2N8O2. The first-order valence-corrected chi connectivity index (χ1v) is 19.6. The van der Waals surface area contributed by atoms with Crippen LogP contribution in [0.3, 0.4) is 0 Å². The highest BCUT2D eigenvalue weighted by Gasteiger charge is 2.12. The molecule has 0 bridgehead atoms. The van der Waals surface area contributed by atoms with Crippen molar-refractivity contribution in [3.8, 4) is 34.3 Å². The number of benzene rings is 2. The van der Waals surface area contributed by atoms with Gasteiger partial charge in [-0.25, -0.2) is 19.9 Å². The van der Waals surface area contributed by atoms with Crippen molar-refractivity contribution < 1.29 is 9.47 Å². The molecule has 2 N–H and O–H groups in total. The molecule has 6 aromatic rings. The summed E-state index contributed by atoms with van der Waals surface area (Å²) in [7, 11) is 0. The van der Waals surface area contributed by atoms with E-state index in [1.807, 2.05) is 60.7 Å². The third-order valence-corrected chi connectivity index (χ3v) is 10.2. The minimum absolute atomic E-state index is 0.723. The molecule has 51 heavy (non-hydrogen) atoms. The van der Waals surface area contributed by atoms with Gasteiger partial charge in [0.05, 0.1) is 24.2 Å². The molecule has 266 valence electrons. The van der Waals surface area contributed by atoms with Crippen molar-refractivity contribution in [2.24, 2.45) is 0 Å². The highest BCUT2D eigenvalue weighted by molar-refractivity contribution is 9.10. The van der Waals surface area contributed by atoms with E-state index in [4.69, 9.17) is 9.47 Å². The molecule has 0 aliphatic carbocycles. The standard InChI is InChI=1S/C20H23BrN4O.C19H21BrN4O/c21-16-13-18-20(22-14-16)24-19(23-18)15-5-7-17(8-6-15)26-12-4-11-25-9-2-1-3-10-25;20-15-12-17-19(21-13-15)23-18(22-17)14-4-6-16(7-5-14)25-11-3-10-24-8-1-2-9-24/h5-8,13-14H,1-4,9-12H2,(H,22,23,24);4-7,12-13H,1-3,8-11H2,(H,21,22,23). The van der Waals surface area contributed by atoms with E-state index in [9.17, 15) is 0 Å². The van der Waals surface area contributed by atoms with Crippen LogP contribution in [-0.2, 0) is 0 Å². The Kier molecular flexibility index (Phi) is 12.3. The molecule has 0 saturated carbocycles. The molecule has 0 atom stereocenters. The Hall–Kier alpha value is -3.84. The number of hydrogen-bond donors (Lipinski definition) is 2. The summed E-state index contributed by atoms with van der Waals surface area (Å²) in [6.45, 7) is 8.79. The topological polar surface area (TPSA) is 108 Å². The maximum absolute atomic E-state index is 5.89. The molecule has 2 aliphatic heterocycles. The van der Waals surface area contributed by atoms with Crippen LogP contribution in [0.4, 0.5) is 0 Å². The molecule has 0 amide bonds. The van der Waals surface area contributed by atoms with Crippen LogP contribution in [0.15, 0.2) is 82.0 Å². The van der Waals surface area contributed by atoms with Gasteiger partial charge in [0.1, 0.15) is 23.1 Å². The van der Waals surface area contributed by atoms with Crippen molar-refractivity contribution in [2.75, 3.05) is 52.5 Å². The number of piperidine rings is 1. The largest absolute Gasteiger partial charge is 0.494 e. The molecule has 4 aromatic heterocycles. The van der Waals surface area contributed by atoms with Crippen molar-refractivity contribution in [1.82, 2.24) is 39.7 Å². The molecule has 0 spiro atoms. The number of nitrogens with zero attached hydrogens (tertiary/aromatic N) is 6. The van der Waals surface area contributed by atoms with Crippen LogP contribution < -0.4 is 9.47 Å². The lowest BCUT2D eigenvalue weighted by molar-refractivity contribution is 0.205. The average molecular weight is 817 g/mol. The molecule has 2 aliphatic rings. The molecule has 0 unspecified atom stereocenters. The maximum atomic E-state index is 5.89. The van der Waals surface area contributed by atoms with E-state index in [0.29, 0.717) is 0 Å². The zero-order valence-corrected chi connectivity index (χ0v) is 32.0. The lowest BCUT2D eigenvalue weighted by Crippen LogP contribution is -2.31. The molecule has 2 fully saturated rings. The summed E-state index contributed by atoms with van der Waals surface area (Å²) in [5.74, 6) is 3.45. The van der Waals surface area contributed by atoms with Gasteiger partial charge in [-0.3, -0.25) is 0 Å². The van der Waals surface area contributed by atoms with E-state index in [0.717, 1.165) is 105 Å². The Morgan fingerprint density at radius 1 is 0.569 bits per heavy atom. The summed E-state index contributed by atoms with van der Waals surface area (Å²) in [4.78, 5) is 29.4. The number of pyridine rings is 2. The van der Waals surface area contributed by atoms with Gasteiger partial charge >= 0.3 is 0 Å². The van der Waals surface area contributed by atoms with Crippen LogP contribution in [0.1, 0.15) is 44.9 Å². The van der Waals surface area contributed by atoms with E-state index in [1.165, 1.54) is 58.3 Å². The fraction of sp³-hybridized carbons (Fsp3) is 0.385. The number of hydrogen-bond acceptors (Lipinski definition) is 8. The zero-order chi connectivity index (χ0) is 34.8. The van der Waals surface area contributed by atoms with Gasteiger partial charge in [-0.2, -0.15) is 0 Å². The van der Waals surface area contributed by atoms with Gasteiger partial charge in [0, 0.05) is 45.6 Å². The normalized spacial score (nSPS) is 15.3. The van der Waals surface area contributed by atoms with Crippen molar-refractivity contribution in [1.29, 1.82) is 0 Å². The Bertz CT molecular complexity index is 1990. The van der Waals surface area contributed by atoms with Gasteiger partial charge < -0.3 is 29.2 Å². The Morgan fingerprint density at radius 2 is 0.980 bits per heavy atom. The summed E-state index contributed by atoms with van der Waals surface area (Å²) in [6, 6.07) is 20.1. The van der Waals surface area contributed by atoms with Crippen molar-refractivity contribution in [3.05, 3.63) is 82.0 Å². The van der Waals surface area contributed by atoms with Crippen LogP contribution in [0, 0.1) is 0 Å². The molecule has 8 rings (SSSR count). The molecule has 2 aromatic carbocycles. The number of fused-ring (bicyclic) bond motifs is 2. The van der Waals surface area contributed by atoms with E-state index < -0.39 is 0 Å². The summed E-state index contributed by atoms with van der Waals surface area (Å²) < 4.78 is 13.6. The van der Waals surface area contributed by atoms with Gasteiger partial charge in [-0.05, 0) is 157 Å². The first-order chi connectivity index (χ1) is 25.1. The van der Waals surface area contributed by atoms with Crippen molar-refractivity contribution in [3.63, 3.8) is 0 Å². The van der Waals surface area contributed by atoms with Crippen molar-refractivity contribution in [2.45, 2.75) is 44.9 Å². The number of H-pyrrole nitrogens is 2. The summed E-state index contributed by atoms with van der Waals surface area (Å²) in [5, 5.41) is 0. The quantitative estimate of drug-likeness (QED) is 0.118. The maximum Gasteiger partial charge on any atom is 0.178 e. The summed E-state index contributed by atoms with van der Waals surface area (Å²) in [5.41, 5.74) is 5.35. The number of aromatic amines is 2. The second-order valence-corrected chi connectivity index (χ2v) is 15.0. The molecule has 2 saturated heterocycles. The number of imidazole rings is 2. The fourth-order valence-electron chi connectivity index (χ4n) is 6.59. The lowest BCUT2D eigenvalue weighted by Gasteiger charge is -2.26. The van der Waals surface area contributed by atoms with E-state index in [-0.39, 0.29) is 0 Å². The molecule has 12 heteroatoms. The molecular weight excluding hydrogens is 772 g/mol. The molecule has 10 nitrogen and oxygen atoms in total. The molecule has 6 heterocycles. The Morgan fingerprint density at radius 3 is 1.41 bits per heavy atom. The highest BCUT2D eigenvalue weighted by atomic mass is 79.9. The summed E-state index contributed by atoms with van der Waals surface area (Å²) >= 11 is 6.86. The van der Waals surface area contributed by atoms with Crippen molar-refractivity contribution >= 4 is 54.2 Å². The number of halogens is 2. The SMILES string of the molecule is Brc1cnc2nc(-c3ccc(OCCCN4CCCC4)cc3)[nH]c2c1.Brc1cnc2nc(-c3ccc(OCCCN4CCCCC4)cc3)[nH]c2c1. The van der Waals surface area contributed by atoms with Crippen LogP contribution >= 0.6 is 31.9 Å². The number of rotatable bonds is 12. The van der Waals surface area contributed by atoms with Gasteiger partial charge in [0.15, 0.2) is 11.3 Å². The highest BCUT2D eigenvalue weighted by Crippen LogP contribution is 2.25. The second-order valence-electron chi connectivity index (χ2n) is 13.1. The number of nitrogens with one attached hydrogen (secondary N) is 2. The smallest absolute Gasteiger partial charge is 0.178 e. The van der Waals surface area contributed by atoms with Gasteiger partial charge in [0.2, 0.25) is 0 Å². The Labute approximate surface area is 315 Å². The molecule has 0 radical (unpaired) electrons. The Balaban J connectivity index is 0.000000159. The van der Waals surface area contributed by atoms with Gasteiger partial charge in [0.25, 0.3) is 0 Å². The number of ether oxygens (including phenoxy) is 2. The summed E-state index contributed by atoms with van der Waals surface area (Å²) in [6.07, 6.45) is 12.4. The van der Waals surface area contributed by atoms with Crippen LogP contribution in [0.25, 0.3) is 45.1 Å². The van der Waals surface area contributed by atoms with Crippen LogP contribution in [-0.4, -0.2) is 92.2 Å². The first-order valence-electron chi connectivity index (χ1n) is 18.0. The zero-order valence-electron chi connectivity index (χ0n) is 28.8. The first kappa shape index (κ1) is 35.6. The fourth-order valence-corrected chi connectivity index (χ4v) is 7.25. The predicted octanol–water partition coefficient (Wildman–Crippen LogP) is 8.89. The minimum Gasteiger partial charge on any atom is -0.494 e. The average Bonchev–Trinajstić information content (AvgIpc) is 3.93.